The standard InChI is InChI=1S/C15H21ClN2O/c1-11(12-4-2-3-5-12)17-10-15(19)18-14-8-6-13(16)7-9-14/h6-9,11-12,17H,2-5,10H2,1H3,(H,18,19). The maximum atomic E-state index is 11.8. The number of benzene rings is 1. The molecule has 1 atom stereocenters. The zero-order chi connectivity index (χ0) is 13.7. The van der Waals surface area contributed by atoms with Gasteiger partial charge in [0.15, 0.2) is 0 Å². The monoisotopic (exact) mass is 280 g/mol. The first-order chi connectivity index (χ1) is 9.15. The van der Waals surface area contributed by atoms with Gasteiger partial charge in [0.25, 0.3) is 0 Å². The minimum absolute atomic E-state index is 0.00725. The summed E-state index contributed by atoms with van der Waals surface area (Å²) in [6.45, 7) is 2.53. The highest BCUT2D eigenvalue weighted by atomic mass is 35.5. The summed E-state index contributed by atoms with van der Waals surface area (Å²) in [5, 5.41) is 6.85. The number of nitrogens with one attached hydrogen (secondary N) is 2. The van der Waals surface area contributed by atoms with Crippen molar-refractivity contribution in [3.05, 3.63) is 29.3 Å². The second kappa shape index (κ2) is 6.92. The fourth-order valence-electron chi connectivity index (χ4n) is 2.62. The molecule has 1 fully saturated rings. The molecular formula is C15H21ClN2O. The molecule has 0 aromatic heterocycles. The molecule has 3 nitrogen and oxygen atoms in total. The van der Waals surface area contributed by atoms with Gasteiger partial charge in [0.05, 0.1) is 6.54 Å². The molecule has 0 spiro atoms. The van der Waals surface area contributed by atoms with Crippen LogP contribution >= 0.6 is 11.6 Å². The summed E-state index contributed by atoms with van der Waals surface area (Å²) in [6.07, 6.45) is 5.22. The number of carbonyl (C=O) groups excluding carboxylic acids is 1. The van der Waals surface area contributed by atoms with Crippen molar-refractivity contribution in [2.24, 2.45) is 5.92 Å². The highest BCUT2D eigenvalue weighted by Crippen LogP contribution is 2.27. The van der Waals surface area contributed by atoms with Gasteiger partial charge in [-0.25, -0.2) is 0 Å². The van der Waals surface area contributed by atoms with Gasteiger partial charge in [-0.15, -0.1) is 0 Å². The number of hydrogen-bond acceptors (Lipinski definition) is 2. The van der Waals surface area contributed by atoms with E-state index in [1.165, 1.54) is 25.7 Å². The van der Waals surface area contributed by atoms with Crippen molar-refractivity contribution < 1.29 is 4.79 Å². The molecule has 1 aliphatic carbocycles. The van der Waals surface area contributed by atoms with Crippen LogP contribution in [0.1, 0.15) is 32.6 Å². The van der Waals surface area contributed by atoms with Gasteiger partial charge in [-0.05, 0) is 49.9 Å². The Morgan fingerprint density at radius 2 is 1.95 bits per heavy atom. The molecule has 0 saturated heterocycles. The first-order valence-corrected chi connectivity index (χ1v) is 7.32. The Morgan fingerprint density at radius 1 is 1.32 bits per heavy atom. The van der Waals surface area contributed by atoms with Crippen LogP contribution in [0.2, 0.25) is 5.02 Å². The summed E-state index contributed by atoms with van der Waals surface area (Å²) in [4.78, 5) is 11.8. The van der Waals surface area contributed by atoms with E-state index >= 15 is 0 Å². The fourth-order valence-corrected chi connectivity index (χ4v) is 2.74. The molecule has 0 radical (unpaired) electrons. The van der Waals surface area contributed by atoms with E-state index in [2.05, 4.69) is 17.6 Å². The lowest BCUT2D eigenvalue weighted by molar-refractivity contribution is -0.115. The predicted octanol–water partition coefficient (Wildman–Crippen LogP) is 3.45. The minimum atomic E-state index is -0.00725. The molecule has 1 saturated carbocycles. The summed E-state index contributed by atoms with van der Waals surface area (Å²) in [7, 11) is 0. The number of anilines is 1. The SMILES string of the molecule is CC(NCC(=O)Nc1ccc(Cl)cc1)C1CCCC1. The topological polar surface area (TPSA) is 41.1 Å². The zero-order valence-corrected chi connectivity index (χ0v) is 12.0. The predicted molar refractivity (Wildman–Crippen MR) is 79.5 cm³/mol. The number of amides is 1. The Kier molecular flexibility index (Phi) is 5.23. The first-order valence-electron chi connectivity index (χ1n) is 6.94. The van der Waals surface area contributed by atoms with Crippen molar-refractivity contribution >= 4 is 23.2 Å². The van der Waals surface area contributed by atoms with Crippen LogP contribution in [0.4, 0.5) is 5.69 Å². The van der Waals surface area contributed by atoms with E-state index in [9.17, 15) is 4.79 Å². The Balaban J connectivity index is 1.73. The first kappa shape index (κ1) is 14.4. The Morgan fingerprint density at radius 3 is 2.58 bits per heavy atom. The second-order valence-corrected chi connectivity index (χ2v) is 5.71. The molecule has 4 heteroatoms. The molecule has 2 rings (SSSR count). The molecule has 1 aromatic rings. The van der Waals surface area contributed by atoms with Crippen molar-refractivity contribution in [3.8, 4) is 0 Å². The molecule has 104 valence electrons. The van der Waals surface area contributed by atoms with Crippen LogP contribution in [-0.4, -0.2) is 18.5 Å². The molecule has 0 heterocycles. The lowest BCUT2D eigenvalue weighted by atomic mass is 10.00. The second-order valence-electron chi connectivity index (χ2n) is 5.27. The lowest BCUT2D eigenvalue weighted by Gasteiger charge is -2.20. The van der Waals surface area contributed by atoms with Gasteiger partial charge in [-0.3, -0.25) is 4.79 Å². The van der Waals surface area contributed by atoms with Crippen LogP contribution in [0, 0.1) is 5.92 Å². The summed E-state index contributed by atoms with van der Waals surface area (Å²) >= 11 is 5.80. The number of hydrogen-bond donors (Lipinski definition) is 2. The Labute approximate surface area is 119 Å². The van der Waals surface area contributed by atoms with Crippen molar-refractivity contribution in [3.63, 3.8) is 0 Å². The minimum Gasteiger partial charge on any atom is -0.325 e. The molecule has 2 N–H and O–H groups in total. The van der Waals surface area contributed by atoms with E-state index in [0.29, 0.717) is 17.6 Å². The third kappa shape index (κ3) is 4.51. The lowest BCUT2D eigenvalue weighted by Crippen LogP contribution is -2.38. The van der Waals surface area contributed by atoms with Gasteiger partial charge >= 0.3 is 0 Å². The Hall–Kier alpha value is -1.06. The molecule has 1 amide bonds. The van der Waals surface area contributed by atoms with Crippen LogP contribution in [0.25, 0.3) is 0 Å². The molecule has 1 aromatic carbocycles. The van der Waals surface area contributed by atoms with E-state index in [0.717, 1.165) is 11.6 Å². The van der Waals surface area contributed by atoms with Crippen molar-refractivity contribution in [1.29, 1.82) is 0 Å². The summed E-state index contributed by atoms with van der Waals surface area (Å²) in [6, 6.07) is 7.57. The molecule has 1 aliphatic rings. The molecule has 0 aliphatic heterocycles. The van der Waals surface area contributed by atoms with E-state index in [1.54, 1.807) is 24.3 Å². The maximum Gasteiger partial charge on any atom is 0.238 e. The number of carbonyl (C=O) groups is 1. The summed E-state index contributed by atoms with van der Waals surface area (Å²) in [5.74, 6) is 0.718. The maximum absolute atomic E-state index is 11.8. The van der Waals surface area contributed by atoms with Crippen LogP contribution < -0.4 is 10.6 Å². The largest absolute Gasteiger partial charge is 0.325 e. The van der Waals surface area contributed by atoms with Gasteiger partial charge in [-0.2, -0.15) is 0 Å². The Bertz CT molecular complexity index is 413. The molecule has 1 unspecified atom stereocenters. The van der Waals surface area contributed by atoms with E-state index in [4.69, 9.17) is 11.6 Å². The zero-order valence-electron chi connectivity index (χ0n) is 11.3. The van der Waals surface area contributed by atoms with Gasteiger partial charge in [-0.1, -0.05) is 24.4 Å². The van der Waals surface area contributed by atoms with Crippen LogP contribution in [0.15, 0.2) is 24.3 Å². The third-order valence-electron chi connectivity index (χ3n) is 3.82. The highest BCUT2D eigenvalue weighted by molar-refractivity contribution is 6.30. The van der Waals surface area contributed by atoms with Crippen LogP contribution in [0.5, 0.6) is 0 Å². The fraction of sp³-hybridized carbons (Fsp3) is 0.533. The van der Waals surface area contributed by atoms with Crippen molar-refractivity contribution in [2.45, 2.75) is 38.6 Å². The smallest absolute Gasteiger partial charge is 0.238 e. The number of rotatable bonds is 5. The van der Waals surface area contributed by atoms with Gasteiger partial charge in [0.1, 0.15) is 0 Å². The molecule has 0 bridgehead atoms. The molecule has 19 heavy (non-hydrogen) atoms. The van der Waals surface area contributed by atoms with Crippen molar-refractivity contribution in [1.82, 2.24) is 5.32 Å². The summed E-state index contributed by atoms with van der Waals surface area (Å²) < 4.78 is 0. The van der Waals surface area contributed by atoms with Gasteiger partial charge in [0.2, 0.25) is 5.91 Å². The highest BCUT2D eigenvalue weighted by Gasteiger charge is 2.21. The normalized spacial score (nSPS) is 17.4. The molecular weight excluding hydrogens is 260 g/mol. The average molecular weight is 281 g/mol. The van der Waals surface area contributed by atoms with Gasteiger partial charge < -0.3 is 10.6 Å². The average Bonchev–Trinajstić information content (AvgIpc) is 2.93. The quantitative estimate of drug-likeness (QED) is 0.867. The summed E-state index contributed by atoms with van der Waals surface area (Å²) in [5.41, 5.74) is 0.782. The third-order valence-corrected chi connectivity index (χ3v) is 4.07. The van der Waals surface area contributed by atoms with E-state index < -0.39 is 0 Å². The van der Waals surface area contributed by atoms with Crippen LogP contribution in [0.3, 0.4) is 0 Å². The number of halogens is 1. The van der Waals surface area contributed by atoms with E-state index in [-0.39, 0.29) is 5.91 Å². The van der Waals surface area contributed by atoms with Crippen molar-refractivity contribution in [2.75, 3.05) is 11.9 Å². The van der Waals surface area contributed by atoms with E-state index in [1.807, 2.05) is 0 Å². The van der Waals surface area contributed by atoms with Gasteiger partial charge in [0, 0.05) is 16.8 Å². The van der Waals surface area contributed by atoms with Crippen LogP contribution in [-0.2, 0) is 4.79 Å².